The van der Waals surface area contributed by atoms with Gasteiger partial charge >= 0.3 is 12.1 Å². The van der Waals surface area contributed by atoms with Crippen LogP contribution in [0, 0.1) is 0 Å². The lowest BCUT2D eigenvalue weighted by Crippen LogP contribution is -2.40. The number of ether oxygens (including phenoxy) is 1. The molecule has 1 aromatic rings. The Morgan fingerprint density at radius 3 is 2.55 bits per heavy atom. The second-order valence-electron chi connectivity index (χ2n) is 6.35. The maximum absolute atomic E-state index is 12.3. The molecule has 1 aromatic carbocycles. The monoisotopic (exact) mass is 306 g/mol. The zero-order valence-electron chi connectivity index (χ0n) is 13.2. The van der Waals surface area contributed by atoms with Gasteiger partial charge in [-0.05, 0) is 32.4 Å². The van der Waals surface area contributed by atoms with Gasteiger partial charge in [0.05, 0.1) is 6.54 Å². The largest absolute Gasteiger partial charge is 0.480 e. The van der Waals surface area contributed by atoms with E-state index in [1.165, 1.54) is 0 Å². The number of anilines is 1. The summed E-state index contributed by atoms with van der Waals surface area (Å²) in [6, 6.07) is 7.55. The van der Waals surface area contributed by atoms with E-state index >= 15 is 0 Å². The minimum absolute atomic E-state index is 0.0842. The fraction of sp³-hybridized carbons (Fsp3) is 0.500. The van der Waals surface area contributed by atoms with Crippen LogP contribution >= 0.6 is 0 Å². The summed E-state index contributed by atoms with van der Waals surface area (Å²) in [5.74, 6) is -0.888. The number of carboxylic acid groups (broad SMARTS) is 1. The summed E-state index contributed by atoms with van der Waals surface area (Å²) in [7, 11) is 0. The van der Waals surface area contributed by atoms with E-state index in [1.807, 2.05) is 45.0 Å². The van der Waals surface area contributed by atoms with Gasteiger partial charge in [-0.2, -0.15) is 0 Å². The number of hydrogen-bond donors (Lipinski definition) is 1. The maximum Gasteiger partial charge on any atom is 0.410 e. The third kappa shape index (κ3) is 4.13. The van der Waals surface area contributed by atoms with Crippen LogP contribution in [0.25, 0.3) is 0 Å². The quantitative estimate of drug-likeness (QED) is 0.908. The van der Waals surface area contributed by atoms with Gasteiger partial charge < -0.3 is 19.6 Å². The normalized spacial score (nSPS) is 15.0. The highest BCUT2D eigenvalue weighted by Gasteiger charge is 2.27. The van der Waals surface area contributed by atoms with Crippen molar-refractivity contribution in [2.45, 2.75) is 32.9 Å². The van der Waals surface area contributed by atoms with Crippen LogP contribution in [-0.4, -0.2) is 47.3 Å². The zero-order valence-corrected chi connectivity index (χ0v) is 13.2. The molecule has 1 N–H and O–H groups in total. The Bertz CT molecular complexity index is 566. The molecule has 6 nitrogen and oxygen atoms in total. The van der Waals surface area contributed by atoms with Crippen molar-refractivity contribution in [2.75, 3.05) is 24.5 Å². The number of benzene rings is 1. The Morgan fingerprint density at radius 1 is 1.23 bits per heavy atom. The smallest absolute Gasteiger partial charge is 0.410 e. The van der Waals surface area contributed by atoms with E-state index in [2.05, 4.69) is 0 Å². The number of fused-ring (bicyclic) bond motifs is 1. The highest BCUT2D eigenvalue weighted by molar-refractivity contribution is 5.75. The van der Waals surface area contributed by atoms with Crippen LogP contribution in [0.2, 0.25) is 0 Å². The van der Waals surface area contributed by atoms with Crippen LogP contribution in [-0.2, 0) is 16.1 Å². The van der Waals surface area contributed by atoms with Gasteiger partial charge in [-0.3, -0.25) is 4.79 Å². The van der Waals surface area contributed by atoms with E-state index in [9.17, 15) is 9.59 Å². The number of carbonyl (C=O) groups is 2. The van der Waals surface area contributed by atoms with E-state index in [-0.39, 0.29) is 12.6 Å². The maximum atomic E-state index is 12.3. The lowest BCUT2D eigenvalue weighted by molar-refractivity contribution is -0.135. The summed E-state index contributed by atoms with van der Waals surface area (Å²) in [5.41, 5.74) is 1.23. The Labute approximate surface area is 130 Å². The molecule has 1 aliphatic rings. The molecular formula is C16H22N2O4. The Morgan fingerprint density at radius 2 is 1.91 bits per heavy atom. The SMILES string of the molecule is CC(C)(C)OC(=O)N1CCN(CC(=O)O)c2ccccc2C1. The van der Waals surface area contributed by atoms with E-state index in [4.69, 9.17) is 9.84 Å². The number of nitrogens with zero attached hydrogens (tertiary/aromatic N) is 2. The first-order valence-electron chi connectivity index (χ1n) is 7.29. The van der Waals surface area contributed by atoms with Gasteiger partial charge in [0.25, 0.3) is 0 Å². The predicted octanol–water partition coefficient (Wildman–Crippen LogP) is 2.33. The van der Waals surface area contributed by atoms with Crippen molar-refractivity contribution >= 4 is 17.7 Å². The van der Waals surface area contributed by atoms with Crippen LogP contribution in [0.5, 0.6) is 0 Å². The average molecular weight is 306 g/mol. The topological polar surface area (TPSA) is 70.1 Å². The molecule has 2 rings (SSSR count). The molecule has 0 fully saturated rings. The molecular weight excluding hydrogens is 284 g/mol. The highest BCUT2D eigenvalue weighted by atomic mass is 16.6. The van der Waals surface area contributed by atoms with Gasteiger partial charge in [0.15, 0.2) is 0 Å². The van der Waals surface area contributed by atoms with Crippen LogP contribution in [0.15, 0.2) is 24.3 Å². The summed E-state index contributed by atoms with van der Waals surface area (Å²) in [5, 5.41) is 9.06. The first kappa shape index (κ1) is 16.1. The summed E-state index contributed by atoms with van der Waals surface area (Å²) in [4.78, 5) is 26.7. The molecule has 0 bridgehead atoms. The molecule has 6 heteroatoms. The Balaban J connectivity index is 2.21. The minimum Gasteiger partial charge on any atom is -0.480 e. The number of carbonyl (C=O) groups excluding carboxylic acids is 1. The van der Waals surface area contributed by atoms with E-state index in [0.717, 1.165) is 11.3 Å². The Hall–Kier alpha value is -2.24. The summed E-state index contributed by atoms with van der Waals surface area (Å²) < 4.78 is 5.42. The minimum atomic E-state index is -0.888. The van der Waals surface area contributed by atoms with Gasteiger partial charge in [-0.25, -0.2) is 4.79 Å². The second-order valence-corrected chi connectivity index (χ2v) is 6.35. The van der Waals surface area contributed by atoms with Gasteiger partial charge in [0.1, 0.15) is 12.1 Å². The molecule has 0 spiro atoms. The lowest BCUT2D eigenvalue weighted by atomic mass is 10.1. The van der Waals surface area contributed by atoms with Crippen molar-refractivity contribution in [1.29, 1.82) is 0 Å². The number of rotatable bonds is 2. The first-order valence-corrected chi connectivity index (χ1v) is 7.29. The molecule has 0 saturated carbocycles. The third-order valence-electron chi connectivity index (χ3n) is 3.31. The lowest BCUT2D eigenvalue weighted by Gasteiger charge is -2.26. The van der Waals surface area contributed by atoms with Crippen LogP contribution in [0.4, 0.5) is 10.5 Å². The molecule has 0 radical (unpaired) electrons. The summed E-state index contributed by atoms with van der Waals surface area (Å²) in [6.45, 7) is 6.70. The molecule has 120 valence electrons. The standard InChI is InChI=1S/C16H22N2O4/c1-16(2,3)22-15(21)18-9-8-17(11-14(19)20)13-7-5-4-6-12(13)10-18/h4-7H,8-11H2,1-3H3,(H,19,20). The van der Waals surface area contributed by atoms with Crippen LogP contribution in [0.1, 0.15) is 26.3 Å². The predicted molar refractivity (Wildman–Crippen MR) is 82.9 cm³/mol. The zero-order chi connectivity index (χ0) is 16.3. The van der Waals surface area contributed by atoms with Crippen molar-refractivity contribution < 1.29 is 19.4 Å². The molecule has 0 unspecified atom stereocenters. The molecule has 0 saturated heterocycles. The van der Waals surface area contributed by atoms with Gasteiger partial charge in [-0.15, -0.1) is 0 Å². The second kappa shape index (κ2) is 6.25. The number of carboxylic acids is 1. The van der Waals surface area contributed by atoms with Crippen molar-refractivity contribution in [3.8, 4) is 0 Å². The van der Waals surface area contributed by atoms with E-state index in [1.54, 1.807) is 9.80 Å². The summed E-state index contributed by atoms with van der Waals surface area (Å²) in [6.07, 6.45) is -0.375. The van der Waals surface area contributed by atoms with Crippen LogP contribution in [0.3, 0.4) is 0 Å². The average Bonchev–Trinajstić information content (AvgIpc) is 2.57. The van der Waals surface area contributed by atoms with Gasteiger partial charge in [0, 0.05) is 18.8 Å². The number of para-hydroxylation sites is 1. The van der Waals surface area contributed by atoms with E-state index in [0.29, 0.717) is 19.6 Å². The van der Waals surface area contributed by atoms with Crippen LogP contribution < -0.4 is 4.90 Å². The molecule has 1 amide bonds. The van der Waals surface area contributed by atoms with Crippen molar-refractivity contribution in [1.82, 2.24) is 4.90 Å². The van der Waals surface area contributed by atoms with Gasteiger partial charge in [-0.1, -0.05) is 18.2 Å². The molecule has 1 heterocycles. The van der Waals surface area contributed by atoms with Crippen molar-refractivity contribution in [3.05, 3.63) is 29.8 Å². The highest BCUT2D eigenvalue weighted by Crippen LogP contribution is 2.25. The number of hydrogen-bond acceptors (Lipinski definition) is 4. The van der Waals surface area contributed by atoms with Crippen molar-refractivity contribution in [3.63, 3.8) is 0 Å². The molecule has 22 heavy (non-hydrogen) atoms. The molecule has 0 atom stereocenters. The number of aliphatic carboxylic acids is 1. The molecule has 0 aliphatic carbocycles. The first-order chi connectivity index (χ1) is 10.3. The number of amides is 1. The van der Waals surface area contributed by atoms with Crippen molar-refractivity contribution in [2.24, 2.45) is 0 Å². The van der Waals surface area contributed by atoms with E-state index < -0.39 is 11.6 Å². The summed E-state index contributed by atoms with van der Waals surface area (Å²) >= 11 is 0. The fourth-order valence-corrected chi connectivity index (χ4v) is 2.41. The molecule has 1 aliphatic heterocycles. The Kier molecular flexibility index (Phi) is 4.59. The fourth-order valence-electron chi connectivity index (χ4n) is 2.41. The molecule has 0 aromatic heterocycles. The van der Waals surface area contributed by atoms with Gasteiger partial charge in [0.2, 0.25) is 0 Å². The third-order valence-corrected chi connectivity index (χ3v) is 3.31.